The molecule has 7 nitrogen and oxygen atoms in total. The Hall–Kier alpha value is -3.22. The minimum absolute atomic E-state index is 0.0897. The summed E-state index contributed by atoms with van der Waals surface area (Å²) < 4.78 is 5.59. The molecule has 0 bridgehead atoms. The standard InChI is InChI=1S/C20H18O7/c21-13-7-5-11-15(9-3-1-2-4-10(9)20(25)26)12-6-8-14(22)17(24)19(12)27-18(11)16(13)23/h5-10,21,23-24H,1-4H2,(H,25,26)/t9-,10-/m0/s1. The summed E-state index contributed by atoms with van der Waals surface area (Å²) in [5, 5.41) is 40.4. The largest absolute Gasteiger partial charge is 0.504 e. The molecule has 0 saturated heterocycles. The molecule has 1 saturated carbocycles. The van der Waals surface area contributed by atoms with Crippen LogP contribution < -0.4 is 5.43 Å². The van der Waals surface area contributed by atoms with Gasteiger partial charge in [-0.3, -0.25) is 9.59 Å². The molecule has 2 aliphatic carbocycles. The molecule has 27 heavy (non-hydrogen) atoms. The van der Waals surface area contributed by atoms with Gasteiger partial charge < -0.3 is 24.8 Å². The van der Waals surface area contributed by atoms with E-state index in [1.807, 2.05) is 0 Å². The number of aromatic hydroxyl groups is 3. The normalized spacial score (nSPS) is 20.1. The molecular weight excluding hydrogens is 352 g/mol. The second-order valence-corrected chi connectivity index (χ2v) is 6.95. The molecule has 4 N–H and O–H groups in total. The zero-order valence-corrected chi connectivity index (χ0v) is 14.3. The van der Waals surface area contributed by atoms with Crippen molar-refractivity contribution >= 4 is 16.9 Å². The Bertz CT molecular complexity index is 1080. The Morgan fingerprint density at radius 3 is 2.48 bits per heavy atom. The molecule has 0 unspecified atom stereocenters. The number of aliphatic carboxylic acids is 1. The summed E-state index contributed by atoms with van der Waals surface area (Å²) in [6.07, 6.45) is 2.79. The van der Waals surface area contributed by atoms with Crippen LogP contribution in [0.5, 0.6) is 17.2 Å². The van der Waals surface area contributed by atoms with E-state index in [0.29, 0.717) is 29.4 Å². The fraction of sp³-hybridized carbons (Fsp3) is 0.300. The van der Waals surface area contributed by atoms with Crippen LogP contribution in [0, 0.1) is 5.92 Å². The number of hydrogen-bond acceptors (Lipinski definition) is 6. The molecule has 140 valence electrons. The van der Waals surface area contributed by atoms with Crippen LogP contribution in [0.15, 0.2) is 33.5 Å². The van der Waals surface area contributed by atoms with E-state index in [2.05, 4.69) is 0 Å². The monoisotopic (exact) mass is 370 g/mol. The highest BCUT2D eigenvalue weighted by atomic mass is 16.4. The zero-order chi connectivity index (χ0) is 19.3. The lowest BCUT2D eigenvalue weighted by Gasteiger charge is -2.31. The van der Waals surface area contributed by atoms with E-state index in [-0.39, 0.29) is 17.3 Å². The van der Waals surface area contributed by atoms with Crippen LogP contribution in [0.2, 0.25) is 0 Å². The predicted molar refractivity (Wildman–Crippen MR) is 96.4 cm³/mol. The molecule has 0 radical (unpaired) electrons. The lowest BCUT2D eigenvalue weighted by Crippen LogP contribution is -2.26. The predicted octanol–water partition coefficient (Wildman–Crippen LogP) is 3.37. The fourth-order valence-corrected chi connectivity index (χ4v) is 4.16. The van der Waals surface area contributed by atoms with Crippen LogP contribution in [0.25, 0.3) is 22.3 Å². The third-order valence-corrected chi connectivity index (χ3v) is 5.44. The van der Waals surface area contributed by atoms with E-state index in [0.717, 1.165) is 12.8 Å². The van der Waals surface area contributed by atoms with Crippen molar-refractivity contribution < 1.29 is 29.6 Å². The Morgan fingerprint density at radius 1 is 1.00 bits per heavy atom. The maximum absolute atomic E-state index is 11.9. The molecule has 7 heteroatoms. The maximum atomic E-state index is 11.9. The molecule has 4 rings (SSSR count). The summed E-state index contributed by atoms with van der Waals surface area (Å²) in [7, 11) is 0. The highest BCUT2D eigenvalue weighted by Crippen LogP contribution is 2.49. The topological polar surface area (TPSA) is 128 Å². The van der Waals surface area contributed by atoms with E-state index >= 15 is 0 Å². The summed E-state index contributed by atoms with van der Waals surface area (Å²) in [6.45, 7) is 0. The number of rotatable bonds is 2. The minimum Gasteiger partial charge on any atom is -0.504 e. The van der Waals surface area contributed by atoms with Gasteiger partial charge in [0.05, 0.1) is 5.92 Å². The summed E-state index contributed by atoms with van der Waals surface area (Å²) in [6, 6.07) is 5.58. The number of benzene rings is 2. The zero-order valence-electron chi connectivity index (χ0n) is 14.3. The molecule has 1 aliphatic heterocycles. The molecule has 1 aromatic carbocycles. The number of fused-ring (bicyclic) bond motifs is 2. The smallest absolute Gasteiger partial charge is 0.307 e. The van der Waals surface area contributed by atoms with E-state index in [4.69, 9.17) is 4.42 Å². The van der Waals surface area contributed by atoms with Gasteiger partial charge in [-0.1, -0.05) is 12.8 Å². The van der Waals surface area contributed by atoms with E-state index < -0.39 is 34.6 Å². The molecule has 0 amide bonds. The van der Waals surface area contributed by atoms with Crippen molar-refractivity contribution in [1.29, 1.82) is 0 Å². The van der Waals surface area contributed by atoms with Gasteiger partial charge in [-0.15, -0.1) is 0 Å². The number of phenolic OH excluding ortho intramolecular Hbond substituents is 3. The first-order chi connectivity index (χ1) is 12.9. The summed E-state index contributed by atoms with van der Waals surface area (Å²) >= 11 is 0. The Kier molecular flexibility index (Phi) is 3.95. The molecule has 0 spiro atoms. The SMILES string of the molecule is O=C(O)[C@H]1CCCC[C@@H]1c1c2ccc(=O)c(O)c-2oc2c(O)c(O)ccc12. The van der Waals surface area contributed by atoms with Gasteiger partial charge in [0.2, 0.25) is 16.9 Å². The number of hydrogen-bond donors (Lipinski definition) is 4. The average molecular weight is 370 g/mol. The Balaban J connectivity index is 2.13. The van der Waals surface area contributed by atoms with Gasteiger partial charge in [-0.25, -0.2) is 0 Å². The highest BCUT2D eigenvalue weighted by molar-refractivity contribution is 5.95. The van der Waals surface area contributed by atoms with Gasteiger partial charge in [-0.05, 0) is 48.6 Å². The molecule has 3 aliphatic rings. The van der Waals surface area contributed by atoms with Crippen LogP contribution in [0.4, 0.5) is 0 Å². The van der Waals surface area contributed by atoms with Gasteiger partial charge in [0.1, 0.15) is 0 Å². The van der Waals surface area contributed by atoms with Gasteiger partial charge in [0.15, 0.2) is 17.1 Å². The van der Waals surface area contributed by atoms with Gasteiger partial charge >= 0.3 is 5.97 Å². The van der Waals surface area contributed by atoms with Crippen LogP contribution in [0.3, 0.4) is 0 Å². The number of carbonyl (C=O) groups is 1. The number of phenols is 3. The van der Waals surface area contributed by atoms with Crippen molar-refractivity contribution in [2.75, 3.05) is 0 Å². The van der Waals surface area contributed by atoms with Crippen molar-refractivity contribution in [2.45, 2.75) is 31.6 Å². The third-order valence-electron chi connectivity index (χ3n) is 5.44. The maximum Gasteiger partial charge on any atom is 0.307 e. The van der Waals surface area contributed by atoms with Gasteiger partial charge in [-0.2, -0.15) is 0 Å². The minimum atomic E-state index is -0.908. The third kappa shape index (κ3) is 2.58. The van der Waals surface area contributed by atoms with Crippen molar-refractivity contribution in [3.63, 3.8) is 0 Å². The van der Waals surface area contributed by atoms with Crippen molar-refractivity contribution in [1.82, 2.24) is 0 Å². The Morgan fingerprint density at radius 2 is 1.74 bits per heavy atom. The average Bonchev–Trinajstić information content (AvgIpc) is 2.66. The molecular formula is C20H18O7. The molecule has 0 aromatic heterocycles. The summed E-state index contributed by atoms with van der Waals surface area (Å²) in [4.78, 5) is 23.7. The van der Waals surface area contributed by atoms with E-state index in [1.165, 1.54) is 18.2 Å². The van der Waals surface area contributed by atoms with Crippen LogP contribution >= 0.6 is 0 Å². The first-order valence-corrected chi connectivity index (χ1v) is 8.76. The second kappa shape index (κ2) is 6.19. The van der Waals surface area contributed by atoms with Crippen molar-refractivity contribution in [3.05, 3.63) is 40.1 Å². The van der Waals surface area contributed by atoms with Gasteiger partial charge in [0.25, 0.3) is 0 Å². The number of carboxylic acids is 1. The highest BCUT2D eigenvalue weighted by Gasteiger charge is 2.36. The Labute approximate surface area is 153 Å². The first-order valence-electron chi connectivity index (χ1n) is 8.76. The van der Waals surface area contributed by atoms with Crippen LogP contribution in [-0.4, -0.2) is 26.4 Å². The van der Waals surface area contributed by atoms with E-state index in [1.54, 1.807) is 6.07 Å². The molecule has 1 heterocycles. The lowest BCUT2D eigenvalue weighted by molar-refractivity contribution is -0.143. The second-order valence-electron chi connectivity index (χ2n) is 6.95. The molecule has 1 fully saturated rings. The number of carboxylic acid groups (broad SMARTS) is 1. The van der Waals surface area contributed by atoms with Crippen molar-refractivity contribution in [2.24, 2.45) is 5.92 Å². The summed E-state index contributed by atoms with van der Waals surface area (Å²) in [5.74, 6) is -3.58. The molecule has 2 atom stereocenters. The molecule has 1 aromatic rings. The van der Waals surface area contributed by atoms with Crippen LogP contribution in [-0.2, 0) is 4.79 Å². The fourth-order valence-electron chi connectivity index (χ4n) is 4.16. The van der Waals surface area contributed by atoms with E-state index in [9.17, 15) is 30.0 Å². The first kappa shape index (κ1) is 17.2. The quantitative estimate of drug-likeness (QED) is 0.402. The summed E-state index contributed by atoms with van der Waals surface area (Å²) in [5.41, 5.74) is 0.300. The van der Waals surface area contributed by atoms with Crippen LogP contribution in [0.1, 0.15) is 37.2 Å². The lowest BCUT2D eigenvalue weighted by atomic mass is 9.73. The van der Waals surface area contributed by atoms with Gasteiger partial charge in [0, 0.05) is 10.9 Å². The van der Waals surface area contributed by atoms with Crippen molar-refractivity contribution in [3.8, 4) is 28.6 Å².